The predicted octanol–water partition coefficient (Wildman–Crippen LogP) is 0.456. The molecule has 0 aromatic carbocycles. The molecule has 1 aromatic rings. The quantitative estimate of drug-likeness (QED) is 0.716. The van der Waals surface area contributed by atoms with E-state index >= 15 is 0 Å². The van der Waals surface area contributed by atoms with Crippen LogP contribution >= 0.6 is 0 Å². The number of esters is 1. The largest absolute Gasteiger partial charge is 0.468 e. The summed E-state index contributed by atoms with van der Waals surface area (Å²) in [5, 5.41) is 4.18. The van der Waals surface area contributed by atoms with Gasteiger partial charge in [-0.1, -0.05) is 0 Å². The maximum atomic E-state index is 12.0. The molecule has 17 heavy (non-hydrogen) atoms. The van der Waals surface area contributed by atoms with Crippen molar-refractivity contribution in [3.05, 3.63) is 17.5 Å². The maximum absolute atomic E-state index is 12.0. The molecule has 0 radical (unpaired) electrons. The first-order valence-corrected chi connectivity index (χ1v) is 5.36. The van der Waals surface area contributed by atoms with Gasteiger partial charge in [-0.3, -0.25) is 14.3 Å². The smallest absolute Gasteiger partial charge is 0.325 e. The third kappa shape index (κ3) is 3.05. The number of rotatable bonds is 4. The van der Waals surface area contributed by atoms with Crippen LogP contribution in [0.5, 0.6) is 0 Å². The fourth-order valence-corrected chi connectivity index (χ4v) is 1.48. The van der Waals surface area contributed by atoms with Crippen LogP contribution in [0.4, 0.5) is 0 Å². The molecule has 0 bridgehead atoms. The van der Waals surface area contributed by atoms with Crippen molar-refractivity contribution in [2.45, 2.75) is 20.4 Å². The summed E-state index contributed by atoms with van der Waals surface area (Å²) in [6.07, 6.45) is 0. The van der Waals surface area contributed by atoms with Crippen molar-refractivity contribution in [2.75, 3.05) is 20.7 Å². The van der Waals surface area contributed by atoms with Crippen molar-refractivity contribution in [2.24, 2.45) is 0 Å². The van der Waals surface area contributed by atoms with Gasteiger partial charge in [0.25, 0.3) is 5.91 Å². The number of carbonyl (C=O) groups excluding carboxylic acids is 2. The Hall–Kier alpha value is -1.85. The molecule has 0 atom stereocenters. The van der Waals surface area contributed by atoms with Gasteiger partial charge in [0.05, 0.1) is 12.8 Å². The molecule has 1 heterocycles. The van der Waals surface area contributed by atoms with Gasteiger partial charge in [-0.25, -0.2) is 0 Å². The van der Waals surface area contributed by atoms with E-state index in [1.807, 2.05) is 13.8 Å². The van der Waals surface area contributed by atoms with Crippen LogP contribution in [0.3, 0.4) is 0 Å². The molecule has 0 aliphatic rings. The highest BCUT2D eigenvalue weighted by molar-refractivity contribution is 5.94. The molecule has 0 spiro atoms. The lowest BCUT2D eigenvalue weighted by Gasteiger charge is -2.15. The summed E-state index contributed by atoms with van der Waals surface area (Å²) in [5.74, 6) is -0.682. The average Bonchev–Trinajstić information content (AvgIpc) is 2.69. The van der Waals surface area contributed by atoms with Gasteiger partial charge in [0, 0.05) is 13.6 Å². The van der Waals surface area contributed by atoms with Crippen molar-refractivity contribution < 1.29 is 14.3 Å². The highest BCUT2D eigenvalue weighted by Crippen LogP contribution is 2.07. The maximum Gasteiger partial charge on any atom is 0.325 e. The second-order valence-corrected chi connectivity index (χ2v) is 3.72. The van der Waals surface area contributed by atoms with E-state index in [1.165, 1.54) is 12.0 Å². The monoisotopic (exact) mass is 239 g/mol. The van der Waals surface area contributed by atoms with Crippen LogP contribution in [0.25, 0.3) is 0 Å². The minimum absolute atomic E-state index is 0.0662. The fraction of sp³-hybridized carbons (Fsp3) is 0.545. The van der Waals surface area contributed by atoms with E-state index in [0.29, 0.717) is 12.2 Å². The highest BCUT2D eigenvalue weighted by Gasteiger charge is 2.19. The summed E-state index contributed by atoms with van der Waals surface area (Å²) in [6.45, 7) is 4.27. The first-order valence-electron chi connectivity index (χ1n) is 5.36. The number of carbonyl (C=O) groups is 2. The summed E-state index contributed by atoms with van der Waals surface area (Å²) in [6, 6.07) is 1.71. The summed E-state index contributed by atoms with van der Waals surface area (Å²) >= 11 is 0. The molecule has 0 unspecified atom stereocenters. The molecule has 1 rings (SSSR count). The van der Waals surface area contributed by atoms with E-state index in [1.54, 1.807) is 17.8 Å². The SMILES string of the molecule is CCn1nc(C)cc1C(=O)N(C)CC(=O)OC. The van der Waals surface area contributed by atoms with Crippen LogP contribution < -0.4 is 0 Å². The third-order valence-electron chi connectivity index (χ3n) is 2.36. The molecule has 0 saturated heterocycles. The van der Waals surface area contributed by atoms with Gasteiger partial charge in [-0.15, -0.1) is 0 Å². The number of nitrogens with zero attached hydrogens (tertiary/aromatic N) is 3. The standard InChI is InChI=1S/C11H17N3O3/c1-5-14-9(6-8(2)12-14)11(16)13(3)7-10(15)17-4/h6H,5,7H2,1-4H3. The van der Waals surface area contributed by atoms with Crippen molar-refractivity contribution in [1.29, 1.82) is 0 Å². The van der Waals surface area contributed by atoms with Crippen LogP contribution in [0.2, 0.25) is 0 Å². The van der Waals surface area contributed by atoms with Crippen LogP contribution in [0.1, 0.15) is 23.1 Å². The molecule has 0 fully saturated rings. The molecular formula is C11H17N3O3. The number of hydrogen-bond acceptors (Lipinski definition) is 4. The first kappa shape index (κ1) is 13.2. The summed E-state index contributed by atoms with van der Waals surface area (Å²) in [4.78, 5) is 24.4. The molecule has 6 nitrogen and oxygen atoms in total. The predicted molar refractivity (Wildman–Crippen MR) is 61.6 cm³/mol. The number of ether oxygens (including phenoxy) is 1. The van der Waals surface area contributed by atoms with Gasteiger partial charge in [-0.2, -0.15) is 5.10 Å². The Labute approximate surface area is 100 Å². The van der Waals surface area contributed by atoms with Crippen molar-refractivity contribution in [1.82, 2.24) is 14.7 Å². The second-order valence-electron chi connectivity index (χ2n) is 3.72. The molecule has 94 valence electrons. The molecule has 1 amide bonds. The molecular weight excluding hydrogens is 222 g/mol. The van der Waals surface area contributed by atoms with Crippen molar-refractivity contribution in [3.63, 3.8) is 0 Å². The number of aryl methyl sites for hydroxylation is 2. The van der Waals surface area contributed by atoms with Gasteiger partial charge < -0.3 is 9.64 Å². The van der Waals surface area contributed by atoms with Crippen LogP contribution in [0.15, 0.2) is 6.07 Å². The van der Waals surface area contributed by atoms with Gasteiger partial charge in [0.1, 0.15) is 12.2 Å². The molecule has 0 N–H and O–H groups in total. The van der Waals surface area contributed by atoms with E-state index in [9.17, 15) is 9.59 Å². The number of aromatic nitrogens is 2. The van der Waals surface area contributed by atoms with E-state index in [2.05, 4.69) is 9.84 Å². The Kier molecular flexibility index (Phi) is 4.25. The van der Waals surface area contributed by atoms with Gasteiger partial charge in [0.15, 0.2) is 0 Å². The van der Waals surface area contributed by atoms with Crippen LogP contribution in [-0.4, -0.2) is 47.3 Å². The van der Waals surface area contributed by atoms with Gasteiger partial charge >= 0.3 is 5.97 Å². The fourth-order valence-electron chi connectivity index (χ4n) is 1.48. The van der Waals surface area contributed by atoms with E-state index in [4.69, 9.17) is 0 Å². The minimum Gasteiger partial charge on any atom is -0.468 e. The second kappa shape index (κ2) is 5.47. The summed E-state index contributed by atoms with van der Waals surface area (Å²) in [7, 11) is 2.85. The number of hydrogen-bond donors (Lipinski definition) is 0. The Bertz CT molecular complexity index is 426. The topological polar surface area (TPSA) is 64.4 Å². The zero-order valence-corrected chi connectivity index (χ0v) is 10.6. The Morgan fingerprint density at radius 1 is 1.53 bits per heavy atom. The Morgan fingerprint density at radius 3 is 2.71 bits per heavy atom. The molecule has 0 aliphatic carbocycles. The lowest BCUT2D eigenvalue weighted by Crippen LogP contribution is -2.34. The Balaban J connectivity index is 2.84. The molecule has 0 saturated carbocycles. The minimum atomic E-state index is -0.444. The molecule has 1 aromatic heterocycles. The summed E-state index contributed by atoms with van der Waals surface area (Å²) in [5.41, 5.74) is 1.26. The average molecular weight is 239 g/mol. The molecule has 0 aliphatic heterocycles. The van der Waals surface area contributed by atoms with Gasteiger partial charge in [-0.05, 0) is 19.9 Å². The molecule has 6 heteroatoms. The number of methoxy groups -OCH3 is 1. The van der Waals surface area contributed by atoms with E-state index in [0.717, 1.165) is 5.69 Å². The Morgan fingerprint density at radius 2 is 2.18 bits per heavy atom. The van der Waals surface area contributed by atoms with Crippen LogP contribution in [0, 0.1) is 6.92 Å². The highest BCUT2D eigenvalue weighted by atomic mass is 16.5. The zero-order chi connectivity index (χ0) is 13.0. The zero-order valence-electron chi connectivity index (χ0n) is 10.6. The number of likely N-dealkylation sites (N-methyl/N-ethyl adjacent to an activating group) is 1. The van der Waals surface area contributed by atoms with E-state index < -0.39 is 5.97 Å². The summed E-state index contributed by atoms with van der Waals surface area (Å²) < 4.78 is 6.13. The van der Waals surface area contributed by atoms with Crippen LogP contribution in [-0.2, 0) is 16.1 Å². The lowest BCUT2D eigenvalue weighted by molar-refractivity contribution is -0.141. The first-order chi connectivity index (χ1) is 7.99. The van der Waals surface area contributed by atoms with Crippen molar-refractivity contribution in [3.8, 4) is 0 Å². The van der Waals surface area contributed by atoms with Gasteiger partial charge in [0.2, 0.25) is 0 Å². The van der Waals surface area contributed by atoms with Crippen molar-refractivity contribution >= 4 is 11.9 Å². The normalized spacial score (nSPS) is 10.1. The van der Waals surface area contributed by atoms with E-state index in [-0.39, 0.29) is 12.5 Å². The third-order valence-corrected chi connectivity index (χ3v) is 2.36. The lowest BCUT2D eigenvalue weighted by atomic mass is 10.3. The number of amides is 1.